The van der Waals surface area contributed by atoms with Gasteiger partial charge in [-0.25, -0.2) is 0 Å². The van der Waals surface area contributed by atoms with E-state index in [9.17, 15) is 0 Å². The van der Waals surface area contributed by atoms with Gasteiger partial charge in [-0.3, -0.25) is 0 Å². The molecule has 3 heteroatoms. The summed E-state index contributed by atoms with van der Waals surface area (Å²) in [5.41, 5.74) is 2.89. The second-order valence-corrected chi connectivity index (χ2v) is 7.24. The highest BCUT2D eigenvalue weighted by atomic mass is 15.2. The highest BCUT2D eigenvalue weighted by Crippen LogP contribution is 2.28. The van der Waals surface area contributed by atoms with Crippen LogP contribution in [0.4, 0.5) is 11.4 Å². The average molecular weight is 275 g/mol. The molecule has 0 saturated carbocycles. The molecule has 20 heavy (non-hydrogen) atoms. The Kier molecular flexibility index (Phi) is 4.28. The van der Waals surface area contributed by atoms with Crippen LogP contribution in [-0.4, -0.2) is 39.3 Å². The van der Waals surface area contributed by atoms with Crippen LogP contribution in [0.2, 0.25) is 0 Å². The molecule has 0 spiro atoms. The van der Waals surface area contributed by atoms with E-state index in [2.05, 4.69) is 81.2 Å². The maximum atomic E-state index is 3.69. The van der Waals surface area contributed by atoms with Gasteiger partial charge in [0.25, 0.3) is 0 Å². The lowest BCUT2D eigenvalue weighted by atomic mass is 9.84. The first-order chi connectivity index (χ1) is 9.29. The zero-order valence-electron chi connectivity index (χ0n) is 13.8. The van der Waals surface area contributed by atoms with Crippen LogP contribution >= 0.6 is 0 Å². The molecule has 1 aromatic rings. The lowest BCUT2D eigenvalue weighted by Gasteiger charge is -2.45. The minimum atomic E-state index is 0.289. The number of anilines is 2. The van der Waals surface area contributed by atoms with E-state index >= 15 is 0 Å². The third kappa shape index (κ3) is 3.26. The minimum Gasteiger partial charge on any atom is -0.378 e. The fourth-order valence-corrected chi connectivity index (χ4v) is 2.75. The van der Waals surface area contributed by atoms with E-state index in [0.29, 0.717) is 12.1 Å². The molecular formula is C17H29N3. The molecule has 1 saturated heterocycles. The summed E-state index contributed by atoms with van der Waals surface area (Å²) in [6, 6.07) is 9.91. The summed E-state index contributed by atoms with van der Waals surface area (Å²) >= 11 is 0. The van der Waals surface area contributed by atoms with E-state index < -0.39 is 0 Å². The van der Waals surface area contributed by atoms with Gasteiger partial charge in [-0.1, -0.05) is 26.8 Å². The Hall–Kier alpha value is -1.22. The van der Waals surface area contributed by atoms with Crippen molar-refractivity contribution in [3.05, 3.63) is 24.3 Å². The molecule has 1 N–H and O–H groups in total. The molecule has 1 aliphatic rings. The number of piperazine rings is 1. The van der Waals surface area contributed by atoms with Crippen molar-refractivity contribution < 1.29 is 0 Å². The first-order valence-electron chi connectivity index (χ1n) is 7.56. The van der Waals surface area contributed by atoms with Crippen molar-refractivity contribution in [2.75, 3.05) is 37.0 Å². The van der Waals surface area contributed by atoms with E-state index in [1.807, 2.05) is 0 Å². The second kappa shape index (κ2) is 5.65. The quantitative estimate of drug-likeness (QED) is 0.895. The van der Waals surface area contributed by atoms with E-state index in [1.165, 1.54) is 11.4 Å². The van der Waals surface area contributed by atoms with E-state index in [4.69, 9.17) is 0 Å². The van der Waals surface area contributed by atoms with Crippen molar-refractivity contribution in [1.29, 1.82) is 0 Å². The number of benzene rings is 1. The Morgan fingerprint density at radius 3 is 2.55 bits per heavy atom. The van der Waals surface area contributed by atoms with Crippen molar-refractivity contribution in [3.8, 4) is 0 Å². The Bertz CT molecular complexity index is 448. The van der Waals surface area contributed by atoms with Gasteiger partial charge in [-0.2, -0.15) is 0 Å². The summed E-state index contributed by atoms with van der Waals surface area (Å²) in [6.45, 7) is 11.4. The van der Waals surface area contributed by atoms with Crippen LogP contribution in [-0.2, 0) is 0 Å². The summed E-state index contributed by atoms with van der Waals surface area (Å²) in [7, 11) is 4.19. The van der Waals surface area contributed by atoms with Gasteiger partial charge in [0, 0.05) is 50.6 Å². The SMILES string of the molecule is CC1CNC(C(C)(C)C)CN1c1cccc(N(C)C)c1. The van der Waals surface area contributed by atoms with Crippen LogP contribution in [0.25, 0.3) is 0 Å². The normalized spacial score (nSPS) is 23.8. The number of nitrogens with one attached hydrogen (secondary N) is 1. The van der Waals surface area contributed by atoms with Crippen LogP contribution in [0.3, 0.4) is 0 Å². The molecule has 1 aliphatic heterocycles. The summed E-state index contributed by atoms with van der Waals surface area (Å²) in [6.07, 6.45) is 0. The van der Waals surface area contributed by atoms with Gasteiger partial charge in [0.1, 0.15) is 0 Å². The van der Waals surface area contributed by atoms with Crippen molar-refractivity contribution in [2.45, 2.75) is 39.8 Å². The highest BCUT2D eigenvalue weighted by molar-refractivity contribution is 5.59. The molecule has 2 unspecified atom stereocenters. The number of hydrogen-bond donors (Lipinski definition) is 1. The zero-order valence-corrected chi connectivity index (χ0v) is 13.8. The standard InChI is InChI=1S/C17H29N3/c1-13-11-18-16(17(2,3)4)12-20(13)15-9-7-8-14(10-15)19(5)6/h7-10,13,16,18H,11-12H2,1-6H3. The molecule has 1 fully saturated rings. The summed E-state index contributed by atoms with van der Waals surface area (Å²) in [4.78, 5) is 4.71. The molecule has 0 radical (unpaired) electrons. The van der Waals surface area contributed by atoms with E-state index in [0.717, 1.165) is 13.1 Å². The molecule has 1 heterocycles. The smallest absolute Gasteiger partial charge is 0.0390 e. The highest BCUT2D eigenvalue weighted by Gasteiger charge is 2.32. The van der Waals surface area contributed by atoms with Crippen LogP contribution in [0, 0.1) is 5.41 Å². The topological polar surface area (TPSA) is 18.5 Å². The fraction of sp³-hybridized carbons (Fsp3) is 0.647. The average Bonchev–Trinajstić information content (AvgIpc) is 2.38. The van der Waals surface area contributed by atoms with Crippen LogP contribution in [0.15, 0.2) is 24.3 Å². The van der Waals surface area contributed by atoms with Crippen molar-refractivity contribution in [1.82, 2.24) is 5.32 Å². The van der Waals surface area contributed by atoms with Crippen LogP contribution < -0.4 is 15.1 Å². The minimum absolute atomic E-state index is 0.289. The Morgan fingerprint density at radius 1 is 1.25 bits per heavy atom. The molecule has 112 valence electrons. The summed E-state index contributed by atoms with van der Waals surface area (Å²) in [5.74, 6) is 0. The molecule has 2 rings (SSSR count). The first-order valence-corrected chi connectivity index (χ1v) is 7.56. The van der Waals surface area contributed by atoms with Gasteiger partial charge in [0.05, 0.1) is 0 Å². The molecular weight excluding hydrogens is 246 g/mol. The fourth-order valence-electron chi connectivity index (χ4n) is 2.75. The predicted molar refractivity (Wildman–Crippen MR) is 88.8 cm³/mol. The van der Waals surface area contributed by atoms with Crippen LogP contribution in [0.5, 0.6) is 0 Å². The van der Waals surface area contributed by atoms with Gasteiger partial charge in [0.2, 0.25) is 0 Å². The van der Waals surface area contributed by atoms with Gasteiger partial charge in [0.15, 0.2) is 0 Å². The maximum Gasteiger partial charge on any atom is 0.0390 e. The lowest BCUT2D eigenvalue weighted by Crippen LogP contribution is -2.59. The molecule has 3 nitrogen and oxygen atoms in total. The molecule has 0 aromatic heterocycles. The van der Waals surface area contributed by atoms with Crippen molar-refractivity contribution in [2.24, 2.45) is 5.41 Å². The van der Waals surface area contributed by atoms with Crippen LogP contribution in [0.1, 0.15) is 27.7 Å². The summed E-state index contributed by atoms with van der Waals surface area (Å²) < 4.78 is 0. The third-order valence-electron chi connectivity index (χ3n) is 4.29. The monoisotopic (exact) mass is 275 g/mol. The Balaban J connectivity index is 2.23. The molecule has 0 aliphatic carbocycles. The van der Waals surface area contributed by atoms with Gasteiger partial charge >= 0.3 is 0 Å². The molecule has 2 atom stereocenters. The predicted octanol–water partition coefficient (Wildman–Crippen LogP) is 2.97. The Labute approximate surface area is 124 Å². The van der Waals surface area contributed by atoms with Gasteiger partial charge in [-0.05, 0) is 30.5 Å². The summed E-state index contributed by atoms with van der Waals surface area (Å²) in [5, 5.41) is 3.69. The van der Waals surface area contributed by atoms with Gasteiger partial charge in [-0.15, -0.1) is 0 Å². The van der Waals surface area contributed by atoms with E-state index in [1.54, 1.807) is 0 Å². The molecule has 1 aromatic carbocycles. The second-order valence-electron chi connectivity index (χ2n) is 7.24. The Morgan fingerprint density at radius 2 is 1.95 bits per heavy atom. The third-order valence-corrected chi connectivity index (χ3v) is 4.29. The van der Waals surface area contributed by atoms with Crippen molar-refractivity contribution in [3.63, 3.8) is 0 Å². The molecule has 0 bridgehead atoms. The van der Waals surface area contributed by atoms with E-state index in [-0.39, 0.29) is 5.41 Å². The maximum absolute atomic E-state index is 3.69. The van der Waals surface area contributed by atoms with Gasteiger partial charge < -0.3 is 15.1 Å². The lowest BCUT2D eigenvalue weighted by molar-refractivity contribution is 0.239. The number of hydrogen-bond acceptors (Lipinski definition) is 3. The first kappa shape index (κ1) is 15.2. The zero-order chi connectivity index (χ0) is 14.9. The van der Waals surface area contributed by atoms with Crippen molar-refractivity contribution >= 4 is 11.4 Å². The largest absolute Gasteiger partial charge is 0.378 e. The number of rotatable bonds is 2. The molecule has 0 amide bonds. The number of nitrogens with zero attached hydrogens (tertiary/aromatic N) is 2.